The lowest BCUT2D eigenvalue weighted by atomic mass is 9.98. The van der Waals surface area contributed by atoms with Crippen LogP contribution in [0.3, 0.4) is 0 Å². The van der Waals surface area contributed by atoms with Crippen molar-refractivity contribution in [3.63, 3.8) is 0 Å². The fraction of sp³-hybridized carbons (Fsp3) is 0.286. The van der Waals surface area contributed by atoms with Crippen LogP contribution in [-0.2, 0) is 6.54 Å². The molecule has 0 atom stereocenters. The lowest BCUT2D eigenvalue weighted by Crippen LogP contribution is -2.30. The number of aromatic amines is 1. The summed E-state index contributed by atoms with van der Waals surface area (Å²) in [5, 5.41) is 10.2. The topological polar surface area (TPSA) is 45.6 Å². The third kappa shape index (κ3) is 3.33. The van der Waals surface area contributed by atoms with E-state index in [1.54, 1.807) is 6.07 Å². The van der Waals surface area contributed by atoms with Gasteiger partial charge in [0.2, 0.25) is 0 Å². The second-order valence-electron chi connectivity index (χ2n) is 7.19. The standard InChI is InChI=1S/C21H21FN4.ClH/c22-17-3-4-18-19(12-24-20(18)10-17)15-1-2-16-11-25-26(21(16)9-15)13-14-5-7-23-8-6-14;/h1-4,9-12,14,23-24H,5-8,13H2;1H. The van der Waals surface area contributed by atoms with Crippen LogP contribution in [0, 0.1) is 11.7 Å². The van der Waals surface area contributed by atoms with Crippen molar-refractivity contribution < 1.29 is 4.39 Å². The minimum absolute atomic E-state index is 0. The van der Waals surface area contributed by atoms with Gasteiger partial charge in [-0.1, -0.05) is 12.1 Å². The highest BCUT2D eigenvalue weighted by atomic mass is 35.5. The third-order valence-corrected chi connectivity index (χ3v) is 5.49. The first-order valence-electron chi connectivity index (χ1n) is 9.21. The molecular formula is C21H22ClFN4. The fourth-order valence-corrected chi connectivity index (χ4v) is 4.03. The summed E-state index contributed by atoms with van der Waals surface area (Å²) in [6.07, 6.45) is 6.31. The summed E-state index contributed by atoms with van der Waals surface area (Å²) in [6, 6.07) is 11.3. The van der Waals surface area contributed by atoms with E-state index in [0.29, 0.717) is 5.92 Å². The molecule has 0 spiro atoms. The molecule has 1 fully saturated rings. The largest absolute Gasteiger partial charge is 0.360 e. The first kappa shape index (κ1) is 18.0. The predicted molar refractivity (Wildman–Crippen MR) is 110 cm³/mol. The molecule has 140 valence electrons. The van der Waals surface area contributed by atoms with Gasteiger partial charge in [-0.15, -0.1) is 12.4 Å². The Bertz CT molecular complexity index is 1080. The van der Waals surface area contributed by atoms with E-state index < -0.39 is 0 Å². The quantitative estimate of drug-likeness (QED) is 0.535. The van der Waals surface area contributed by atoms with Gasteiger partial charge in [-0.2, -0.15) is 5.10 Å². The molecule has 0 radical (unpaired) electrons. The van der Waals surface area contributed by atoms with Gasteiger partial charge in [-0.3, -0.25) is 4.68 Å². The zero-order chi connectivity index (χ0) is 17.5. The van der Waals surface area contributed by atoms with Gasteiger partial charge >= 0.3 is 0 Å². The molecule has 2 N–H and O–H groups in total. The number of nitrogens with one attached hydrogen (secondary N) is 2. The number of H-pyrrole nitrogens is 1. The Morgan fingerprint density at radius 1 is 1.11 bits per heavy atom. The van der Waals surface area contributed by atoms with Crippen molar-refractivity contribution in [3.05, 3.63) is 54.6 Å². The molecule has 0 aliphatic carbocycles. The van der Waals surface area contributed by atoms with Crippen LogP contribution in [0.25, 0.3) is 32.9 Å². The van der Waals surface area contributed by atoms with Crippen molar-refractivity contribution in [1.82, 2.24) is 20.1 Å². The summed E-state index contributed by atoms with van der Waals surface area (Å²) in [6.45, 7) is 3.16. The molecule has 1 aliphatic heterocycles. The fourth-order valence-electron chi connectivity index (χ4n) is 4.03. The van der Waals surface area contributed by atoms with Crippen LogP contribution in [0.15, 0.2) is 48.8 Å². The first-order valence-corrected chi connectivity index (χ1v) is 9.21. The molecule has 5 rings (SSSR count). The lowest BCUT2D eigenvalue weighted by molar-refractivity contribution is 0.325. The molecule has 27 heavy (non-hydrogen) atoms. The number of halogens is 2. The van der Waals surface area contributed by atoms with Crippen molar-refractivity contribution in [2.24, 2.45) is 5.92 Å². The molecule has 2 aromatic carbocycles. The minimum Gasteiger partial charge on any atom is -0.360 e. The van der Waals surface area contributed by atoms with Gasteiger partial charge in [0.25, 0.3) is 0 Å². The highest BCUT2D eigenvalue weighted by Gasteiger charge is 2.16. The molecule has 2 aromatic heterocycles. The summed E-state index contributed by atoms with van der Waals surface area (Å²) >= 11 is 0. The van der Waals surface area contributed by atoms with E-state index in [0.717, 1.165) is 52.6 Å². The predicted octanol–water partition coefficient (Wildman–Crippen LogP) is 4.75. The minimum atomic E-state index is -0.221. The summed E-state index contributed by atoms with van der Waals surface area (Å²) in [7, 11) is 0. The van der Waals surface area contributed by atoms with E-state index in [1.165, 1.54) is 18.9 Å². The van der Waals surface area contributed by atoms with Crippen LogP contribution in [-0.4, -0.2) is 27.9 Å². The molecule has 0 bridgehead atoms. The second-order valence-corrected chi connectivity index (χ2v) is 7.19. The molecular weight excluding hydrogens is 363 g/mol. The molecule has 3 heterocycles. The van der Waals surface area contributed by atoms with Crippen LogP contribution in [0.2, 0.25) is 0 Å². The number of aromatic nitrogens is 3. The first-order chi connectivity index (χ1) is 12.8. The van der Waals surface area contributed by atoms with Gasteiger partial charge in [0, 0.05) is 34.6 Å². The maximum atomic E-state index is 13.5. The summed E-state index contributed by atoms with van der Waals surface area (Å²) in [4.78, 5) is 3.18. The Kier molecular flexibility index (Phi) is 4.89. The van der Waals surface area contributed by atoms with Gasteiger partial charge < -0.3 is 10.3 Å². The van der Waals surface area contributed by atoms with E-state index in [1.807, 2.05) is 18.5 Å². The summed E-state index contributed by atoms with van der Waals surface area (Å²) in [5.74, 6) is 0.459. The van der Waals surface area contributed by atoms with Gasteiger partial charge in [-0.05, 0) is 61.7 Å². The Morgan fingerprint density at radius 2 is 1.96 bits per heavy atom. The Balaban J connectivity index is 0.00000180. The van der Waals surface area contributed by atoms with Crippen LogP contribution < -0.4 is 5.32 Å². The number of hydrogen-bond acceptors (Lipinski definition) is 2. The van der Waals surface area contributed by atoms with Gasteiger partial charge in [0.15, 0.2) is 0 Å². The van der Waals surface area contributed by atoms with Crippen molar-refractivity contribution >= 4 is 34.2 Å². The molecule has 1 saturated heterocycles. The number of hydrogen-bond donors (Lipinski definition) is 2. The lowest BCUT2D eigenvalue weighted by Gasteiger charge is -2.22. The number of benzene rings is 2. The van der Waals surface area contributed by atoms with E-state index in [2.05, 4.69) is 38.3 Å². The molecule has 6 heteroatoms. The van der Waals surface area contributed by atoms with Crippen LogP contribution in [0.1, 0.15) is 12.8 Å². The molecule has 4 nitrogen and oxygen atoms in total. The maximum absolute atomic E-state index is 13.5. The maximum Gasteiger partial charge on any atom is 0.125 e. The van der Waals surface area contributed by atoms with Gasteiger partial charge in [-0.25, -0.2) is 4.39 Å². The molecule has 0 unspecified atom stereocenters. The summed E-state index contributed by atoms with van der Waals surface area (Å²) in [5.41, 5.74) is 4.21. The summed E-state index contributed by atoms with van der Waals surface area (Å²) < 4.78 is 15.6. The Hall–Kier alpha value is -2.37. The van der Waals surface area contributed by atoms with Crippen molar-refractivity contribution in [1.29, 1.82) is 0 Å². The average Bonchev–Trinajstić information content (AvgIpc) is 3.26. The van der Waals surface area contributed by atoms with Crippen LogP contribution in [0.5, 0.6) is 0 Å². The SMILES string of the molecule is Cl.Fc1ccc2c(-c3ccc4cnn(CC5CCNCC5)c4c3)c[nH]c2c1. The van der Waals surface area contributed by atoms with E-state index in [9.17, 15) is 4.39 Å². The average molecular weight is 385 g/mol. The molecule has 0 saturated carbocycles. The monoisotopic (exact) mass is 384 g/mol. The number of rotatable bonds is 3. The normalized spacial score (nSPS) is 15.3. The molecule has 1 aliphatic rings. The highest BCUT2D eigenvalue weighted by molar-refractivity contribution is 5.97. The van der Waals surface area contributed by atoms with Gasteiger partial charge in [0.1, 0.15) is 5.82 Å². The smallest absolute Gasteiger partial charge is 0.125 e. The number of fused-ring (bicyclic) bond motifs is 2. The van der Waals surface area contributed by atoms with Crippen LogP contribution in [0.4, 0.5) is 4.39 Å². The third-order valence-electron chi connectivity index (χ3n) is 5.49. The zero-order valence-electron chi connectivity index (χ0n) is 14.9. The van der Waals surface area contributed by atoms with Gasteiger partial charge in [0.05, 0.1) is 11.7 Å². The number of nitrogens with zero attached hydrogens (tertiary/aromatic N) is 2. The van der Waals surface area contributed by atoms with Crippen LogP contribution >= 0.6 is 12.4 Å². The Labute approximate surface area is 163 Å². The van der Waals surface area contributed by atoms with Crippen molar-refractivity contribution in [3.8, 4) is 11.1 Å². The van der Waals surface area contributed by atoms with E-state index >= 15 is 0 Å². The zero-order valence-corrected chi connectivity index (χ0v) is 15.7. The highest BCUT2D eigenvalue weighted by Crippen LogP contribution is 2.31. The van der Waals surface area contributed by atoms with Crippen molar-refractivity contribution in [2.75, 3.05) is 13.1 Å². The second kappa shape index (κ2) is 7.33. The number of piperidine rings is 1. The van der Waals surface area contributed by atoms with E-state index in [4.69, 9.17) is 0 Å². The van der Waals surface area contributed by atoms with E-state index in [-0.39, 0.29) is 18.2 Å². The van der Waals surface area contributed by atoms with Crippen molar-refractivity contribution in [2.45, 2.75) is 19.4 Å². The molecule has 4 aromatic rings. The molecule has 0 amide bonds. The Morgan fingerprint density at radius 3 is 2.81 bits per heavy atom.